The Balaban J connectivity index is -0.0000000617. The summed E-state index contributed by atoms with van der Waals surface area (Å²) in [5.41, 5.74) is 0. The van der Waals surface area contributed by atoms with Crippen molar-refractivity contribution in [2.45, 2.75) is 0 Å². The van der Waals surface area contributed by atoms with Crippen LogP contribution in [0, 0.1) is 0 Å². The van der Waals surface area contributed by atoms with Crippen molar-refractivity contribution in [1.29, 1.82) is 0 Å². The van der Waals surface area contributed by atoms with Crippen LogP contribution in [0.25, 0.3) is 0 Å². The van der Waals surface area contributed by atoms with E-state index in [9.17, 15) is 0 Å². The van der Waals surface area contributed by atoms with Crippen molar-refractivity contribution in [3.05, 3.63) is 86.2 Å². The minimum atomic E-state index is -3.70. The van der Waals surface area contributed by atoms with Crippen LogP contribution in [-0.2, 0) is 18.1 Å². The molecule has 0 heterocycles. The summed E-state index contributed by atoms with van der Waals surface area (Å²) in [6, 6.07) is 26.2. The van der Waals surface area contributed by atoms with Crippen molar-refractivity contribution in [2.75, 3.05) is 0 Å². The van der Waals surface area contributed by atoms with Gasteiger partial charge in [0, 0.05) is 13.4 Å². The first kappa shape index (κ1) is 80.6. The zero-order valence-electron chi connectivity index (χ0n) is 24.6. The standard InChI is InChI=1S/3C6H4Br.Al.6ClH.12H2O.6O.6Sb/c3*7-6-4-2-1-3-5-6;;;;;;;;;;;;;;;;;;;;;;;;;;;;;;;/h3*2-5H;;6*1H;12*1H2;;;;;;;;;;;;/q;;;;;;;;;;;;;;;;;;;;;;;;;;;;6*+2/p-12. The van der Waals surface area contributed by atoms with Gasteiger partial charge in [-0.1, -0.05) is 97.5 Å². The Morgan fingerprint density at radius 1 is 0.308 bits per heavy atom. The Morgan fingerprint density at radius 3 is 0.500 bits per heavy atom. The second kappa shape index (κ2) is 53.6. The Hall–Kier alpha value is 4.60. The normalized spacial score (nSPS) is 7.44. The van der Waals surface area contributed by atoms with Crippen LogP contribution in [0.1, 0.15) is 0 Å². The summed E-state index contributed by atoms with van der Waals surface area (Å²) in [4.78, 5) is 0. The van der Waals surface area contributed by atoms with Crippen LogP contribution in [0.3, 0.4) is 0 Å². The summed E-state index contributed by atoms with van der Waals surface area (Å²) in [6.45, 7) is 0. The zero-order valence-corrected chi connectivity index (χ0v) is 50.7. The van der Waals surface area contributed by atoms with Gasteiger partial charge in [0.05, 0.1) is 0 Å². The zero-order chi connectivity index (χ0) is 37.0. The molecule has 18 nitrogen and oxygen atoms in total. The van der Waals surface area contributed by atoms with Crippen molar-refractivity contribution < 1.29 is 58.7 Å². The van der Waals surface area contributed by atoms with Crippen LogP contribution < -0.4 is 13.3 Å². The Labute approximate surface area is 413 Å². The van der Waals surface area contributed by atoms with E-state index in [2.05, 4.69) is 121 Å². The van der Waals surface area contributed by atoms with Gasteiger partial charge < -0.3 is 0 Å². The van der Waals surface area contributed by atoms with Gasteiger partial charge in [0.25, 0.3) is 0 Å². The summed E-state index contributed by atoms with van der Waals surface area (Å²) in [5.74, 6) is 0. The van der Waals surface area contributed by atoms with Gasteiger partial charge in [-0.15, -0.1) is 74.4 Å². The first-order valence-electron chi connectivity index (χ1n) is 10.4. The second-order valence-corrected chi connectivity index (χ2v) is 20.9. The first-order chi connectivity index (χ1) is 21.0. The molecule has 0 bridgehead atoms. The van der Waals surface area contributed by atoms with E-state index in [1.165, 1.54) is 13.3 Å². The molecule has 3 aromatic carbocycles. The SMILES string of the molecule is Brc1cc[c]([Al]([c]2ccc(Br)cc2)[c]2ccc(Br)cc2)cc1.Cl.Cl.Cl.Cl.Cl.Cl.[O]=[Sb]([OH])[OH].[O]=[Sb]([OH])[OH].[O]=[Sb]([OH])[OH].[O]=[Sb]([OH])[OH].[O]=[Sb]([OH])[OH].[O]=[Sb]([OH])[OH]. The molecule has 0 saturated carbocycles. The van der Waals surface area contributed by atoms with Gasteiger partial charge in [0.15, 0.2) is 0 Å². The molecule has 0 aliphatic carbocycles. The van der Waals surface area contributed by atoms with E-state index >= 15 is 0 Å². The van der Waals surface area contributed by atoms with Crippen molar-refractivity contribution in [3.63, 3.8) is 0 Å². The topological polar surface area (TPSA) is 345 Å². The predicted octanol–water partition coefficient (Wildman–Crippen LogP) is -2.66. The minimum absolute atomic E-state index is 0. The quantitative estimate of drug-likeness (QED) is 0.119. The molecule has 0 fully saturated rings. The maximum absolute atomic E-state index is 8.82. The predicted molar refractivity (Wildman–Crippen MR) is 216 cm³/mol. The van der Waals surface area contributed by atoms with Gasteiger partial charge in [-0.2, -0.15) is 0 Å². The van der Waals surface area contributed by atoms with Crippen molar-refractivity contribution in [2.24, 2.45) is 0 Å². The molecule has 3 rings (SSSR count). The van der Waals surface area contributed by atoms with Crippen LogP contribution in [-0.4, -0.2) is 181 Å². The molecule has 0 aromatic heterocycles. The maximum atomic E-state index is 8.82. The van der Waals surface area contributed by atoms with Crippen molar-refractivity contribution in [1.82, 2.24) is 0 Å². The van der Waals surface area contributed by atoms with Gasteiger partial charge in [-0.25, -0.2) is 0 Å². The molecule has 306 valence electrons. The van der Waals surface area contributed by atoms with Crippen LogP contribution in [0.15, 0.2) is 86.2 Å². The Bertz CT molecular complexity index is 1160. The molecule has 0 saturated heterocycles. The Kier molecular flexibility index (Phi) is 83.1. The van der Waals surface area contributed by atoms with E-state index < -0.39 is 140 Å². The summed E-state index contributed by atoms with van der Waals surface area (Å²) >= 11 is -13.0. The van der Waals surface area contributed by atoms with Gasteiger partial charge in [0.2, 0.25) is 0 Å². The fourth-order valence-corrected chi connectivity index (χ4v) is 6.22. The fourth-order valence-electron chi connectivity index (χ4n) is 2.54. The van der Waals surface area contributed by atoms with Gasteiger partial charge in [-0.05, 0) is 36.4 Å². The summed E-state index contributed by atoms with van der Waals surface area (Å²) in [6.07, 6.45) is 0. The van der Waals surface area contributed by atoms with E-state index in [1.807, 2.05) is 0 Å². The molecule has 0 aliphatic heterocycles. The molecule has 12 N–H and O–H groups in total. The van der Waals surface area contributed by atoms with E-state index in [1.54, 1.807) is 0 Å². The third-order valence-electron chi connectivity index (χ3n) is 3.61. The number of benzene rings is 3. The molecule has 6 radical (unpaired) electrons. The average Bonchev–Trinajstić information content (AvgIpc) is 2.86. The first-order valence-corrected chi connectivity index (χ1v) is 34.5. The molecule has 34 heteroatoms. The monoisotopic (exact) mass is 1730 g/mol. The van der Waals surface area contributed by atoms with Gasteiger partial charge >= 0.3 is 199 Å². The molecule has 0 aliphatic rings. The van der Waals surface area contributed by atoms with Gasteiger partial charge in [0.1, 0.15) is 0 Å². The third kappa shape index (κ3) is 72.2. The summed E-state index contributed by atoms with van der Waals surface area (Å²) in [5, 5.41) is 0. The van der Waals surface area contributed by atoms with Crippen LogP contribution in [0.4, 0.5) is 0 Å². The average molecular weight is 1740 g/mol. The van der Waals surface area contributed by atoms with E-state index in [0.717, 1.165) is 13.4 Å². The van der Waals surface area contributed by atoms with Crippen molar-refractivity contribution in [3.8, 4) is 0 Å². The fraction of sp³-hybridized carbons (Fsp3) is 0. The van der Waals surface area contributed by atoms with E-state index in [0.29, 0.717) is 0 Å². The van der Waals surface area contributed by atoms with E-state index in [-0.39, 0.29) is 74.4 Å². The summed E-state index contributed by atoms with van der Waals surface area (Å²) < 4.78 is 147. The van der Waals surface area contributed by atoms with Crippen LogP contribution in [0.2, 0.25) is 0 Å². The van der Waals surface area contributed by atoms with Crippen LogP contribution >= 0.6 is 122 Å². The number of rotatable bonds is 3. The van der Waals surface area contributed by atoms with Crippen LogP contribution in [0.5, 0.6) is 0 Å². The number of hydrogen-bond acceptors (Lipinski definition) is 6. The van der Waals surface area contributed by atoms with E-state index in [4.69, 9.17) is 58.7 Å². The Morgan fingerprint density at radius 2 is 0.404 bits per heavy atom. The molecule has 0 unspecified atom stereocenters. The molecule has 0 atom stereocenters. The summed E-state index contributed by atoms with van der Waals surface area (Å²) in [7, 11) is 0. The molecule has 0 amide bonds. The second-order valence-electron chi connectivity index (χ2n) is 6.60. The van der Waals surface area contributed by atoms with Gasteiger partial charge in [-0.3, -0.25) is 0 Å². The molecule has 52 heavy (non-hydrogen) atoms. The molecular formula is C18H30AlBr3Cl6O18Sb6. The number of hydrogen-bond donors (Lipinski definition) is 12. The molecule has 3 aromatic rings. The third-order valence-corrected chi connectivity index (χ3v) is 8.35. The molecular weight excluding hydrogens is 1710 g/mol. The number of halogens is 9. The van der Waals surface area contributed by atoms with Crippen molar-refractivity contribution >= 4 is 276 Å². The molecule has 0 spiro atoms.